The smallest absolute Gasteiger partial charge is 0.119 e. The van der Waals surface area contributed by atoms with Crippen molar-refractivity contribution in [1.82, 2.24) is 0 Å². The Morgan fingerprint density at radius 1 is 1.38 bits per heavy atom. The van der Waals surface area contributed by atoms with Crippen molar-refractivity contribution in [3.63, 3.8) is 0 Å². The lowest BCUT2D eigenvalue weighted by molar-refractivity contribution is 0.285. The van der Waals surface area contributed by atoms with Crippen LogP contribution >= 0.6 is 15.9 Å². The Balaban J connectivity index is 2.41. The lowest BCUT2D eigenvalue weighted by atomic mass is 10.2. The fraction of sp³-hybridized carbons (Fsp3) is 0.400. The van der Waals surface area contributed by atoms with Crippen LogP contribution in [0.2, 0.25) is 0 Å². The van der Waals surface area contributed by atoms with Gasteiger partial charge in [-0.1, -0.05) is 22.9 Å². The third kappa shape index (κ3) is 3.79. The van der Waals surface area contributed by atoms with Gasteiger partial charge in [-0.05, 0) is 30.7 Å². The molecule has 0 amide bonds. The summed E-state index contributed by atoms with van der Waals surface area (Å²) < 4.78 is 6.52. The van der Waals surface area contributed by atoms with E-state index in [-0.39, 0.29) is 6.04 Å². The summed E-state index contributed by atoms with van der Waals surface area (Å²) in [6.45, 7) is 2.63. The van der Waals surface area contributed by atoms with Gasteiger partial charge in [0.1, 0.15) is 12.4 Å². The molecule has 2 nitrogen and oxygen atoms in total. The molecule has 0 aliphatic carbocycles. The lowest BCUT2D eigenvalue weighted by Crippen LogP contribution is -2.26. The van der Waals surface area contributed by atoms with Gasteiger partial charge in [-0.25, -0.2) is 0 Å². The van der Waals surface area contributed by atoms with E-state index in [1.807, 2.05) is 24.3 Å². The maximum absolute atomic E-state index is 5.72. The van der Waals surface area contributed by atoms with E-state index < -0.39 is 0 Å². The van der Waals surface area contributed by atoms with Crippen LogP contribution in [-0.2, 0) is 0 Å². The number of rotatable bonds is 4. The topological polar surface area (TPSA) is 35.2 Å². The zero-order valence-electron chi connectivity index (χ0n) is 7.66. The number of ether oxygens (including phenoxy) is 1. The number of benzene rings is 1. The third-order valence-corrected chi connectivity index (χ3v) is 2.33. The van der Waals surface area contributed by atoms with Gasteiger partial charge in [-0.15, -0.1) is 0 Å². The molecule has 3 heteroatoms. The first-order valence-electron chi connectivity index (χ1n) is 4.36. The molecule has 0 radical (unpaired) electrons. The Bertz CT molecular complexity index is 248. The van der Waals surface area contributed by atoms with Crippen LogP contribution in [0.3, 0.4) is 0 Å². The second-order valence-electron chi connectivity index (χ2n) is 2.93. The minimum absolute atomic E-state index is 0.128. The van der Waals surface area contributed by atoms with Gasteiger partial charge in [0.15, 0.2) is 0 Å². The highest BCUT2D eigenvalue weighted by Crippen LogP contribution is 2.16. The predicted molar refractivity (Wildman–Crippen MR) is 57.9 cm³/mol. The summed E-state index contributed by atoms with van der Waals surface area (Å²) in [5, 5.41) is 0. The molecule has 0 saturated carbocycles. The monoisotopic (exact) mass is 243 g/mol. The predicted octanol–water partition coefficient (Wildman–Crippen LogP) is 2.57. The van der Waals surface area contributed by atoms with Crippen molar-refractivity contribution in [2.45, 2.75) is 19.4 Å². The van der Waals surface area contributed by atoms with E-state index in [1.165, 1.54) is 0 Å². The normalized spacial score (nSPS) is 12.5. The second-order valence-corrected chi connectivity index (χ2v) is 3.85. The number of halogens is 1. The first-order valence-corrected chi connectivity index (χ1v) is 5.15. The van der Waals surface area contributed by atoms with Gasteiger partial charge < -0.3 is 10.5 Å². The molecule has 0 aliphatic rings. The van der Waals surface area contributed by atoms with Crippen LogP contribution < -0.4 is 10.5 Å². The average molecular weight is 244 g/mol. The summed E-state index contributed by atoms with van der Waals surface area (Å²) in [6.07, 6.45) is 0.941. The summed E-state index contributed by atoms with van der Waals surface area (Å²) in [5.74, 6) is 0.868. The van der Waals surface area contributed by atoms with Crippen LogP contribution in [0, 0.1) is 0 Å². The second kappa shape index (κ2) is 5.25. The largest absolute Gasteiger partial charge is 0.492 e. The van der Waals surface area contributed by atoms with Crippen LogP contribution in [0.4, 0.5) is 0 Å². The molecule has 72 valence electrons. The summed E-state index contributed by atoms with van der Waals surface area (Å²) in [4.78, 5) is 0. The highest BCUT2D eigenvalue weighted by molar-refractivity contribution is 9.10. The zero-order chi connectivity index (χ0) is 9.68. The van der Waals surface area contributed by atoms with Gasteiger partial charge in [-0.2, -0.15) is 0 Å². The fourth-order valence-electron chi connectivity index (χ4n) is 0.852. The van der Waals surface area contributed by atoms with Crippen molar-refractivity contribution in [2.75, 3.05) is 6.61 Å². The SMILES string of the molecule is CC[C@H](N)COc1ccc(Br)cc1. The molecule has 0 fully saturated rings. The lowest BCUT2D eigenvalue weighted by Gasteiger charge is -2.10. The van der Waals surface area contributed by atoms with Gasteiger partial charge in [0.05, 0.1) is 0 Å². The Morgan fingerprint density at radius 3 is 2.54 bits per heavy atom. The first kappa shape index (κ1) is 10.5. The van der Waals surface area contributed by atoms with Crippen LogP contribution in [-0.4, -0.2) is 12.6 Å². The maximum atomic E-state index is 5.72. The molecule has 0 aliphatic heterocycles. The molecule has 0 aromatic heterocycles. The molecule has 1 rings (SSSR count). The Labute approximate surface area is 87.2 Å². The molecule has 0 spiro atoms. The maximum Gasteiger partial charge on any atom is 0.119 e. The molecule has 0 unspecified atom stereocenters. The van der Waals surface area contributed by atoms with Crippen molar-refractivity contribution in [2.24, 2.45) is 5.73 Å². The summed E-state index contributed by atoms with van der Waals surface area (Å²) >= 11 is 3.36. The highest BCUT2D eigenvalue weighted by atomic mass is 79.9. The molecular weight excluding hydrogens is 230 g/mol. The summed E-state index contributed by atoms with van der Waals surface area (Å²) in [7, 11) is 0. The Hall–Kier alpha value is -0.540. The first-order chi connectivity index (χ1) is 6.22. The van der Waals surface area contributed by atoms with E-state index in [0.29, 0.717) is 6.61 Å². The molecule has 2 N–H and O–H groups in total. The van der Waals surface area contributed by atoms with E-state index in [0.717, 1.165) is 16.6 Å². The van der Waals surface area contributed by atoms with Crippen LogP contribution in [0.15, 0.2) is 28.7 Å². The van der Waals surface area contributed by atoms with Crippen molar-refractivity contribution < 1.29 is 4.74 Å². The summed E-state index contributed by atoms with van der Waals surface area (Å²) in [6, 6.07) is 7.88. The minimum Gasteiger partial charge on any atom is -0.492 e. The summed E-state index contributed by atoms with van der Waals surface area (Å²) in [5.41, 5.74) is 5.72. The van der Waals surface area contributed by atoms with Crippen molar-refractivity contribution >= 4 is 15.9 Å². The number of nitrogens with two attached hydrogens (primary N) is 1. The van der Waals surface area contributed by atoms with E-state index >= 15 is 0 Å². The highest BCUT2D eigenvalue weighted by Gasteiger charge is 1.99. The number of hydrogen-bond acceptors (Lipinski definition) is 2. The molecule has 0 bridgehead atoms. The molecule has 1 atom stereocenters. The van der Waals surface area contributed by atoms with E-state index in [9.17, 15) is 0 Å². The van der Waals surface area contributed by atoms with Crippen LogP contribution in [0.1, 0.15) is 13.3 Å². The van der Waals surface area contributed by atoms with Crippen molar-refractivity contribution in [1.29, 1.82) is 0 Å². The van der Waals surface area contributed by atoms with Crippen LogP contribution in [0.5, 0.6) is 5.75 Å². The van der Waals surface area contributed by atoms with Gasteiger partial charge in [0.2, 0.25) is 0 Å². The van der Waals surface area contributed by atoms with E-state index in [2.05, 4.69) is 22.9 Å². The third-order valence-electron chi connectivity index (χ3n) is 1.80. The molecular formula is C10H14BrNO. The fourth-order valence-corrected chi connectivity index (χ4v) is 1.12. The standard InChI is InChI=1S/C10H14BrNO/c1-2-9(12)7-13-10-5-3-8(11)4-6-10/h3-6,9H,2,7,12H2,1H3/t9-/m0/s1. The molecule has 13 heavy (non-hydrogen) atoms. The van der Waals surface area contributed by atoms with Crippen molar-refractivity contribution in [3.8, 4) is 5.75 Å². The van der Waals surface area contributed by atoms with Gasteiger partial charge >= 0.3 is 0 Å². The van der Waals surface area contributed by atoms with Gasteiger partial charge in [0, 0.05) is 10.5 Å². The van der Waals surface area contributed by atoms with Gasteiger partial charge in [0.25, 0.3) is 0 Å². The van der Waals surface area contributed by atoms with E-state index in [4.69, 9.17) is 10.5 Å². The molecule has 0 heterocycles. The molecule has 1 aromatic rings. The number of hydrogen-bond donors (Lipinski definition) is 1. The van der Waals surface area contributed by atoms with Crippen LogP contribution in [0.25, 0.3) is 0 Å². The van der Waals surface area contributed by atoms with Gasteiger partial charge in [-0.3, -0.25) is 0 Å². The minimum atomic E-state index is 0.128. The quantitative estimate of drug-likeness (QED) is 0.883. The van der Waals surface area contributed by atoms with Crippen molar-refractivity contribution in [3.05, 3.63) is 28.7 Å². The Morgan fingerprint density at radius 2 is 2.00 bits per heavy atom. The molecule has 1 aromatic carbocycles. The zero-order valence-corrected chi connectivity index (χ0v) is 9.25. The Kier molecular flexibility index (Phi) is 4.25. The average Bonchev–Trinajstić information content (AvgIpc) is 2.16. The molecule has 0 saturated heterocycles. The van der Waals surface area contributed by atoms with E-state index in [1.54, 1.807) is 0 Å².